The maximum atomic E-state index is 13.2. The van der Waals surface area contributed by atoms with E-state index in [2.05, 4.69) is 5.32 Å². The molecule has 0 bridgehead atoms. The zero-order valence-electron chi connectivity index (χ0n) is 6.51. The first kappa shape index (κ1) is 14.5. The summed E-state index contributed by atoms with van der Waals surface area (Å²) in [4.78, 5) is 10.5. The first-order valence-electron chi connectivity index (χ1n) is 3.35. The van der Waals surface area contributed by atoms with E-state index in [1.807, 2.05) is 0 Å². The molecule has 1 rings (SSSR count). The Morgan fingerprint density at radius 1 is 1.33 bits per heavy atom. The van der Waals surface area contributed by atoms with E-state index in [1.165, 1.54) is 0 Å². The monoisotopic (exact) mass is 218 g/mol. The number of nitrogens with one attached hydrogen (secondary N) is 1. The molecule has 1 amide bonds. The van der Waals surface area contributed by atoms with Crippen molar-refractivity contribution in [1.29, 1.82) is 0 Å². The molecule has 0 radical (unpaired) electrons. The van der Waals surface area contributed by atoms with Crippen LogP contribution in [0.25, 0.3) is 0 Å². The summed E-state index contributed by atoms with van der Waals surface area (Å²) in [6.07, 6.45) is 0.421. The van der Waals surface area contributed by atoms with Crippen LogP contribution in [-0.2, 0) is 4.79 Å². The van der Waals surface area contributed by atoms with E-state index in [4.69, 9.17) is 5.73 Å². The van der Waals surface area contributed by atoms with Crippen molar-refractivity contribution in [2.45, 2.75) is 18.5 Å². The topological polar surface area (TPSA) is 55.1 Å². The van der Waals surface area contributed by atoms with Gasteiger partial charge in [0.05, 0.1) is 0 Å². The Labute approximate surface area is 83.1 Å². The van der Waals surface area contributed by atoms with Crippen LogP contribution >= 0.6 is 24.8 Å². The van der Waals surface area contributed by atoms with E-state index in [1.54, 1.807) is 0 Å². The minimum Gasteiger partial charge on any atom is -0.367 e. The second-order valence-electron chi connectivity index (χ2n) is 2.58. The fourth-order valence-electron chi connectivity index (χ4n) is 1.07. The molecule has 3 nitrogen and oxygen atoms in total. The number of piperidine rings is 1. The van der Waals surface area contributed by atoms with E-state index in [-0.39, 0.29) is 37.7 Å². The van der Waals surface area contributed by atoms with Crippen LogP contribution in [0.4, 0.5) is 4.39 Å². The number of carbonyl (C=O) groups excluding carboxylic acids is 1. The van der Waals surface area contributed by atoms with Crippen molar-refractivity contribution in [3.63, 3.8) is 0 Å². The molecule has 1 fully saturated rings. The molecule has 1 saturated heterocycles. The Kier molecular flexibility index (Phi) is 6.70. The minimum absolute atomic E-state index is 0. The summed E-state index contributed by atoms with van der Waals surface area (Å²) in [5.74, 6) is -0.825. The predicted octanol–water partition coefficient (Wildman–Crippen LogP) is 0.407. The molecule has 1 aliphatic heterocycles. The van der Waals surface area contributed by atoms with Crippen molar-refractivity contribution in [2.75, 3.05) is 13.1 Å². The molecule has 0 atom stereocenters. The SMILES string of the molecule is Cl.Cl.NC(=O)C1(F)CCNCC1. The maximum absolute atomic E-state index is 13.2. The van der Waals surface area contributed by atoms with Crippen molar-refractivity contribution in [3.05, 3.63) is 0 Å². The fraction of sp³-hybridized carbons (Fsp3) is 0.833. The van der Waals surface area contributed by atoms with Crippen LogP contribution in [-0.4, -0.2) is 24.7 Å². The molecule has 0 aliphatic carbocycles. The fourth-order valence-corrected chi connectivity index (χ4v) is 1.07. The third-order valence-electron chi connectivity index (χ3n) is 1.84. The summed E-state index contributed by atoms with van der Waals surface area (Å²) in [7, 11) is 0. The second kappa shape index (κ2) is 5.56. The Hall–Kier alpha value is -0.0600. The van der Waals surface area contributed by atoms with E-state index in [0.717, 1.165) is 0 Å². The molecular weight excluding hydrogens is 206 g/mol. The van der Waals surface area contributed by atoms with Gasteiger partial charge in [0.25, 0.3) is 5.91 Å². The molecule has 0 aromatic carbocycles. The van der Waals surface area contributed by atoms with E-state index in [9.17, 15) is 9.18 Å². The summed E-state index contributed by atoms with van der Waals surface area (Å²) in [6, 6.07) is 0. The number of hydrogen-bond donors (Lipinski definition) is 2. The molecule has 0 aromatic heterocycles. The van der Waals surface area contributed by atoms with Crippen molar-refractivity contribution < 1.29 is 9.18 Å². The Morgan fingerprint density at radius 3 is 2.00 bits per heavy atom. The minimum atomic E-state index is -1.74. The normalized spacial score (nSPS) is 20.1. The summed E-state index contributed by atoms with van der Waals surface area (Å²) < 4.78 is 13.2. The molecule has 1 heterocycles. The first-order chi connectivity index (χ1) is 4.65. The second-order valence-corrected chi connectivity index (χ2v) is 2.58. The van der Waals surface area contributed by atoms with Crippen LogP contribution in [0.2, 0.25) is 0 Å². The van der Waals surface area contributed by atoms with Crippen molar-refractivity contribution in [1.82, 2.24) is 5.32 Å². The summed E-state index contributed by atoms with van der Waals surface area (Å²) >= 11 is 0. The zero-order chi connectivity index (χ0) is 7.61. The highest BCUT2D eigenvalue weighted by Crippen LogP contribution is 2.21. The average molecular weight is 219 g/mol. The lowest BCUT2D eigenvalue weighted by Crippen LogP contribution is -2.47. The predicted molar refractivity (Wildman–Crippen MR) is 49.6 cm³/mol. The van der Waals surface area contributed by atoms with Gasteiger partial charge in [-0.2, -0.15) is 0 Å². The third kappa shape index (κ3) is 3.13. The largest absolute Gasteiger partial charge is 0.367 e. The zero-order valence-corrected chi connectivity index (χ0v) is 8.14. The Balaban J connectivity index is 0. The molecule has 0 spiro atoms. The molecule has 12 heavy (non-hydrogen) atoms. The lowest BCUT2D eigenvalue weighted by molar-refractivity contribution is -0.131. The van der Waals surface area contributed by atoms with E-state index < -0.39 is 11.6 Å². The number of hydrogen-bond acceptors (Lipinski definition) is 2. The first-order valence-corrected chi connectivity index (χ1v) is 3.35. The van der Waals surface area contributed by atoms with Crippen LogP contribution < -0.4 is 11.1 Å². The van der Waals surface area contributed by atoms with E-state index in [0.29, 0.717) is 13.1 Å². The number of nitrogens with two attached hydrogens (primary N) is 1. The van der Waals surface area contributed by atoms with Gasteiger partial charge in [-0.25, -0.2) is 4.39 Å². The average Bonchev–Trinajstić information content (AvgIpc) is 1.89. The lowest BCUT2D eigenvalue weighted by atomic mass is 9.94. The highest BCUT2D eigenvalue weighted by atomic mass is 35.5. The van der Waals surface area contributed by atoms with Crippen LogP contribution in [0, 0.1) is 0 Å². The van der Waals surface area contributed by atoms with Gasteiger partial charge in [0.1, 0.15) is 0 Å². The van der Waals surface area contributed by atoms with Gasteiger partial charge in [-0.1, -0.05) is 0 Å². The van der Waals surface area contributed by atoms with Gasteiger partial charge in [-0.05, 0) is 13.1 Å². The lowest BCUT2D eigenvalue weighted by Gasteiger charge is -2.26. The summed E-state index contributed by atoms with van der Waals surface area (Å²) in [5.41, 5.74) is 3.11. The summed E-state index contributed by atoms with van der Waals surface area (Å²) in [6.45, 7) is 1.08. The van der Waals surface area contributed by atoms with Crippen molar-refractivity contribution >= 4 is 30.7 Å². The quantitative estimate of drug-likeness (QED) is 0.670. The molecular formula is C6H13Cl2FN2O. The molecule has 1 aliphatic rings. The van der Waals surface area contributed by atoms with Gasteiger partial charge in [0.15, 0.2) is 5.67 Å². The molecule has 74 valence electrons. The third-order valence-corrected chi connectivity index (χ3v) is 1.84. The molecule has 3 N–H and O–H groups in total. The van der Waals surface area contributed by atoms with Crippen molar-refractivity contribution in [2.24, 2.45) is 5.73 Å². The van der Waals surface area contributed by atoms with Crippen LogP contribution in [0.3, 0.4) is 0 Å². The smallest absolute Gasteiger partial charge is 0.255 e. The van der Waals surface area contributed by atoms with Gasteiger partial charge < -0.3 is 11.1 Å². The number of halogens is 3. The number of rotatable bonds is 1. The van der Waals surface area contributed by atoms with Crippen LogP contribution in [0.1, 0.15) is 12.8 Å². The highest BCUT2D eigenvalue weighted by molar-refractivity contribution is 5.85. The molecule has 0 saturated carbocycles. The molecule has 6 heteroatoms. The van der Waals surface area contributed by atoms with Gasteiger partial charge >= 0.3 is 0 Å². The Bertz CT molecular complexity index is 150. The number of alkyl halides is 1. The van der Waals surface area contributed by atoms with Gasteiger partial charge in [0, 0.05) is 12.8 Å². The standard InChI is InChI=1S/C6H11FN2O.2ClH/c7-6(5(8)10)1-3-9-4-2-6;;/h9H,1-4H2,(H2,8,10);2*1H. The van der Waals surface area contributed by atoms with Gasteiger partial charge in [-0.15, -0.1) is 24.8 Å². The maximum Gasteiger partial charge on any atom is 0.255 e. The van der Waals surface area contributed by atoms with Crippen molar-refractivity contribution in [3.8, 4) is 0 Å². The van der Waals surface area contributed by atoms with Crippen LogP contribution in [0.5, 0.6) is 0 Å². The van der Waals surface area contributed by atoms with Crippen LogP contribution in [0.15, 0.2) is 0 Å². The molecule has 0 aromatic rings. The van der Waals surface area contributed by atoms with Gasteiger partial charge in [0.2, 0.25) is 0 Å². The highest BCUT2D eigenvalue weighted by Gasteiger charge is 2.37. The number of primary amides is 1. The summed E-state index contributed by atoms with van der Waals surface area (Å²) in [5, 5.41) is 2.95. The molecule has 0 unspecified atom stereocenters. The van der Waals surface area contributed by atoms with Gasteiger partial charge in [-0.3, -0.25) is 4.79 Å². The number of amides is 1. The van der Waals surface area contributed by atoms with E-state index >= 15 is 0 Å². The number of carbonyl (C=O) groups is 1. The Morgan fingerprint density at radius 2 is 1.75 bits per heavy atom.